The normalized spacial score (nSPS) is 15.9. The van der Waals surface area contributed by atoms with Crippen molar-refractivity contribution >= 4 is 11.8 Å². The predicted octanol–water partition coefficient (Wildman–Crippen LogP) is 1.28. The zero-order valence-corrected chi connectivity index (χ0v) is 13.4. The van der Waals surface area contributed by atoms with Crippen LogP contribution in [0.15, 0.2) is 24.3 Å². The van der Waals surface area contributed by atoms with Crippen molar-refractivity contribution in [1.82, 2.24) is 15.5 Å². The van der Waals surface area contributed by atoms with Gasteiger partial charge in [0.25, 0.3) is 0 Å². The van der Waals surface area contributed by atoms with Gasteiger partial charge < -0.3 is 15.5 Å². The molecule has 5 nitrogen and oxygen atoms in total. The number of carbonyl (C=O) groups is 2. The average Bonchev–Trinajstić information content (AvgIpc) is 2.91. The van der Waals surface area contributed by atoms with Crippen LogP contribution in [-0.4, -0.2) is 36.9 Å². The molecule has 5 heteroatoms. The molecular formula is C17H25N3O2. The van der Waals surface area contributed by atoms with Crippen molar-refractivity contribution in [2.75, 3.05) is 20.1 Å². The predicted molar refractivity (Wildman–Crippen MR) is 86.0 cm³/mol. The van der Waals surface area contributed by atoms with E-state index in [1.165, 1.54) is 0 Å². The molecule has 0 radical (unpaired) electrons. The summed E-state index contributed by atoms with van der Waals surface area (Å²) in [5.41, 5.74) is 2.20. The average molecular weight is 303 g/mol. The van der Waals surface area contributed by atoms with Crippen LogP contribution in [0.25, 0.3) is 0 Å². The van der Waals surface area contributed by atoms with Crippen LogP contribution in [0, 0.1) is 5.92 Å². The lowest BCUT2D eigenvalue weighted by molar-refractivity contribution is -0.128. The maximum Gasteiger partial charge on any atom is 0.224 e. The maximum absolute atomic E-state index is 11.8. The lowest BCUT2D eigenvalue weighted by atomic mass is 10.1. The third-order valence-electron chi connectivity index (χ3n) is 3.99. The molecule has 1 fully saturated rings. The van der Waals surface area contributed by atoms with Gasteiger partial charge in [-0.1, -0.05) is 31.2 Å². The number of hydrogen-bond acceptors (Lipinski definition) is 3. The molecule has 1 aromatic carbocycles. The number of nitrogens with zero attached hydrogens (tertiary/aromatic N) is 1. The van der Waals surface area contributed by atoms with Gasteiger partial charge in [0, 0.05) is 38.5 Å². The molecule has 1 aliphatic heterocycles. The molecule has 1 aromatic rings. The van der Waals surface area contributed by atoms with Crippen LogP contribution in [0.2, 0.25) is 0 Å². The Labute approximate surface area is 132 Å². The minimum atomic E-state index is -0.0366. The maximum atomic E-state index is 11.8. The molecule has 0 bridgehead atoms. The number of rotatable bonds is 7. The first-order chi connectivity index (χ1) is 10.6. The highest BCUT2D eigenvalue weighted by Crippen LogP contribution is 2.14. The van der Waals surface area contributed by atoms with Crippen LogP contribution in [0.1, 0.15) is 30.9 Å². The van der Waals surface area contributed by atoms with E-state index < -0.39 is 0 Å². The van der Waals surface area contributed by atoms with E-state index in [0.717, 1.165) is 24.1 Å². The minimum absolute atomic E-state index is 0.0366. The van der Waals surface area contributed by atoms with Crippen molar-refractivity contribution in [3.05, 3.63) is 35.4 Å². The topological polar surface area (TPSA) is 61.4 Å². The molecule has 1 unspecified atom stereocenters. The summed E-state index contributed by atoms with van der Waals surface area (Å²) < 4.78 is 0. The fourth-order valence-electron chi connectivity index (χ4n) is 2.62. The highest BCUT2D eigenvalue weighted by atomic mass is 16.2. The van der Waals surface area contributed by atoms with Crippen LogP contribution in [-0.2, 0) is 22.7 Å². The quantitative estimate of drug-likeness (QED) is 0.798. The summed E-state index contributed by atoms with van der Waals surface area (Å²) in [6.07, 6.45) is 1.64. The van der Waals surface area contributed by atoms with E-state index in [-0.39, 0.29) is 17.7 Å². The number of likely N-dealkylation sites (tertiary alicyclic amines) is 1. The van der Waals surface area contributed by atoms with Crippen molar-refractivity contribution in [2.24, 2.45) is 5.92 Å². The van der Waals surface area contributed by atoms with Crippen molar-refractivity contribution in [1.29, 1.82) is 0 Å². The molecule has 0 aliphatic carbocycles. The van der Waals surface area contributed by atoms with E-state index in [4.69, 9.17) is 0 Å². The van der Waals surface area contributed by atoms with Gasteiger partial charge in [0.05, 0.1) is 0 Å². The molecule has 1 atom stereocenters. The van der Waals surface area contributed by atoms with E-state index in [1.54, 1.807) is 0 Å². The Morgan fingerprint density at radius 2 is 1.95 bits per heavy atom. The van der Waals surface area contributed by atoms with Crippen LogP contribution in [0.3, 0.4) is 0 Å². The van der Waals surface area contributed by atoms with Gasteiger partial charge in [0.1, 0.15) is 0 Å². The zero-order chi connectivity index (χ0) is 15.9. The third-order valence-corrected chi connectivity index (χ3v) is 3.99. The molecule has 22 heavy (non-hydrogen) atoms. The van der Waals surface area contributed by atoms with Crippen molar-refractivity contribution in [2.45, 2.75) is 32.9 Å². The third kappa shape index (κ3) is 4.56. The molecule has 2 rings (SSSR count). The van der Waals surface area contributed by atoms with Crippen molar-refractivity contribution in [3.63, 3.8) is 0 Å². The van der Waals surface area contributed by atoms with Gasteiger partial charge in [-0.25, -0.2) is 0 Å². The minimum Gasteiger partial charge on any atom is -0.352 e. The van der Waals surface area contributed by atoms with Gasteiger partial charge in [-0.05, 0) is 24.6 Å². The Hall–Kier alpha value is -1.88. The van der Waals surface area contributed by atoms with Gasteiger partial charge in [-0.15, -0.1) is 0 Å². The SMILES string of the molecule is CNCC(C)C(=O)NCc1ccc(CN2CCCC2=O)cc1. The van der Waals surface area contributed by atoms with Gasteiger partial charge in [-0.3, -0.25) is 9.59 Å². The lowest BCUT2D eigenvalue weighted by Crippen LogP contribution is -2.33. The molecule has 0 saturated carbocycles. The summed E-state index contributed by atoms with van der Waals surface area (Å²) in [6, 6.07) is 8.09. The number of carbonyl (C=O) groups excluding carboxylic acids is 2. The first-order valence-electron chi connectivity index (χ1n) is 7.88. The smallest absolute Gasteiger partial charge is 0.224 e. The molecule has 0 aromatic heterocycles. The Bertz CT molecular complexity index is 513. The van der Waals surface area contributed by atoms with Crippen molar-refractivity contribution < 1.29 is 9.59 Å². The Balaban J connectivity index is 1.81. The fourth-order valence-corrected chi connectivity index (χ4v) is 2.62. The van der Waals surface area contributed by atoms with E-state index in [1.807, 2.05) is 43.1 Å². The summed E-state index contributed by atoms with van der Waals surface area (Å²) in [5, 5.41) is 5.94. The van der Waals surface area contributed by atoms with E-state index in [2.05, 4.69) is 10.6 Å². The number of hydrogen-bond donors (Lipinski definition) is 2. The molecule has 2 amide bonds. The summed E-state index contributed by atoms with van der Waals surface area (Å²) in [7, 11) is 1.84. The Kier molecular flexibility index (Phi) is 5.95. The second-order valence-corrected chi connectivity index (χ2v) is 5.91. The van der Waals surface area contributed by atoms with E-state index in [9.17, 15) is 9.59 Å². The van der Waals surface area contributed by atoms with Crippen LogP contribution in [0.5, 0.6) is 0 Å². The van der Waals surface area contributed by atoms with Gasteiger partial charge in [-0.2, -0.15) is 0 Å². The molecule has 120 valence electrons. The van der Waals surface area contributed by atoms with Crippen LogP contribution in [0.4, 0.5) is 0 Å². The standard InChI is InChI=1S/C17H25N3O2/c1-13(10-18-2)17(22)19-11-14-5-7-15(8-6-14)12-20-9-3-4-16(20)21/h5-8,13,18H,3-4,9-12H2,1-2H3,(H,19,22). The molecular weight excluding hydrogens is 278 g/mol. The van der Waals surface area contributed by atoms with Crippen molar-refractivity contribution in [3.8, 4) is 0 Å². The molecule has 2 N–H and O–H groups in total. The Morgan fingerprint density at radius 3 is 2.55 bits per heavy atom. The largest absolute Gasteiger partial charge is 0.352 e. The first-order valence-corrected chi connectivity index (χ1v) is 7.88. The number of benzene rings is 1. The second kappa shape index (κ2) is 7.94. The fraction of sp³-hybridized carbons (Fsp3) is 0.529. The van der Waals surface area contributed by atoms with Gasteiger partial charge in [0.2, 0.25) is 11.8 Å². The summed E-state index contributed by atoms with van der Waals surface area (Å²) in [6.45, 7) is 4.66. The first kappa shape index (κ1) is 16.5. The highest BCUT2D eigenvalue weighted by molar-refractivity contribution is 5.78. The summed E-state index contributed by atoms with van der Waals surface area (Å²) in [4.78, 5) is 25.4. The monoisotopic (exact) mass is 303 g/mol. The molecule has 1 saturated heterocycles. The summed E-state index contributed by atoms with van der Waals surface area (Å²) >= 11 is 0. The zero-order valence-electron chi connectivity index (χ0n) is 13.4. The molecule has 0 spiro atoms. The van der Waals surface area contributed by atoms with E-state index >= 15 is 0 Å². The lowest BCUT2D eigenvalue weighted by Gasteiger charge is -2.16. The van der Waals surface area contributed by atoms with Crippen LogP contribution >= 0.6 is 0 Å². The summed E-state index contributed by atoms with van der Waals surface area (Å²) in [5.74, 6) is 0.265. The second-order valence-electron chi connectivity index (χ2n) is 5.91. The molecule has 1 aliphatic rings. The van der Waals surface area contributed by atoms with Gasteiger partial charge >= 0.3 is 0 Å². The van der Waals surface area contributed by atoms with Crippen LogP contribution < -0.4 is 10.6 Å². The Morgan fingerprint density at radius 1 is 1.27 bits per heavy atom. The van der Waals surface area contributed by atoms with E-state index in [0.29, 0.717) is 26.1 Å². The number of nitrogens with one attached hydrogen (secondary N) is 2. The van der Waals surface area contributed by atoms with Gasteiger partial charge in [0.15, 0.2) is 0 Å². The molecule has 1 heterocycles. The highest BCUT2D eigenvalue weighted by Gasteiger charge is 2.19. The number of amides is 2.